The van der Waals surface area contributed by atoms with Crippen LogP contribution in [-0.4, -0.2) is 23.2 Å². The third-order valence-corrected chi connectivity index (χ3v) is 4.43. The molecule has 1 saturated heterocycles. The Labute approximate surface area is 134 Å². The van der Waals surface area contributed by atoms with Crippen molar-refractivity contribution in [1.29, 1.82) is 5.26 Å². The lowest BCUT2D eigenvalue weighted by Gasteiger charge is -2.39. The minimum Gasteiger partial charge on any atom is -0.385 e. The van der Waals surface area contributed by atoms with Crippen LogP contribution in [0.2, 0.25) is 5.02 Å². The van der Waals surface area contributed by atoms with Crippen molar-refractivity contribution in [2.45, 2.75) is 18.4 Å². The molecule has 0 amide bonds. The first-order valence-electron chi connectivity index (χ1n) is 7.21. The van der Waals surface area contributed by atoms with Crippen LogP contribution in [0, 0.1) is 11.3 Å². The van der Waals surface area contributed by atoms with E-state index in [9.17, 15) is 10.4 Å². The summed E-state index contributed by atoms with van der Waals surface area (Å²) in [4.78, 5) is 6.37. The van der Waals surface area contributed by atoms with Gasteiger partial charge in [-0.05, 0) is 42.7 Å². The van der Waals surface area contributed by atoms with Crippen molar-refractivity contribution in [2.24, 2.45) is 0 Å². The maximum atomic E-state index is 10.9. The first kappa shape index (κ1) is 14.8. The van der Waals surface area contributed by atoms with Gasteiger partial charge in [-0.25, -0.2) is 4.98 Å². The molecule has 5 heteroatoms. The third kappa shape index (κ3) is 2.78. The van der Waals surface area contributed by atoms with Gasteiger partial charge in [0.2, 0.25) is 0 Å². The number of aromatic nitrogens is 1. The average Bonchev–Trinajstić information content (AvgIpc) is 2.56. The molecule has 0 atom stereocenters. The van der Waals surface area contributed by atoms with Gasteiger partial charge < -0.3 is 10.0 Å². The largest absolute Gasteiger partial charge is 0.385 e. The van der Waals surface area contributed by atoms with Crippen LogP contribution in [0.4, 0.5) is 5.82 Å². The van der Waals surface area contributed by atoms with Gasteiger partial charge in [-0.3, -0.25) is 0 Å². The number of nitrogens with zero attached hydrogens (tertiary/aromatic N) is 3. The molecule has 2 aromatic rings. The van der Waals surface area contributed by atoms with Gasteiger partial charge in [-0.1, -0.05) is 23.7 Å². The van der Waals surface area contributed by atoms with E-state index in [1.54, 1.807) is 30.5 Å². The van der Waals surface area contributed by atoms with E-state index in [0.29, 0.717) is 42.3 Å². The first-order chi connectivity index (χ1) is 10.6. The van der Waals surface area contributed by atoms with Crippen molar-refractivity contribution in [3.05, 3.63) is 58.7 Å². The molecule has 4 nitrogen and oxygen atoms in total. The second-order valence-corrected chi connectivity index (χ2v) is 5.95. The molecule has 1 fully saturated rings. The number of rotatable bonds is 2. The van der Waals surface area contributed by atoms with Gasteiger partial charge in [0.1, 0.15) is 11.9 Å². The predicted molar refractivity (Wildman–Crippen MR) is 85.7 cm³/mol. The van der Waals surface area contributed by atoms with Crippen LogP contribution in [0.1, 0.15) is 24.0 Å². The summed E-state index contributed by atoms with van der Waals surface area (Å²) < 4.78 is 0. The van der Waals surface area contributed by atoms with Crippen molar-refractivity contribution >= 4 is 17.4 Å². The number of piperidine rings is 1. The number of hydrogen-bond acceptors (Lipinski definition) is 4. The van der Waals surface area contributed by atoms with E-state index in [0.717, 1.165) is 5.56 Å². The van der Waals surface area contributed by atoms with E-state index >= 15 is 0 Å². The van der Waals surface area contributed by atoms with E-state index < -0.39 is 5.60 Å². The molecule has 1 aromatic heterocycles. The summed E-state index contributed by atoms with van der Waals surface area (Å²) in [7, 11) is 0. The lowest BCUT2D eigenvalue weighted by Crippen LogP contribution is -2.43. The average molecular weight is 314 g/mol. The molecule has 0 unspecified atom stereocenters. The third-order valence-electron chi connectivity index (χ3n) is 4.18. The monoisotopic (exact) mass is 313 g/mol. The van der Waals surface area contributed by atoms with E-state index in [2.05, 4.69) is 16.0 Å². The van der Waals surface area contributed by atoms with Crippen molar-refractivity contribution in [3.63, 3.8) is 0 Å². The quantitative estimate of drug-likeness (QED) is 0.925. The van der Waals surface area contributed by atoms with Crippen molar-refractivity contribution in [3.8, 4) is 6.07 Å². The molecule has 0 radical (unpaired) electrons. The highest BCUT2D eigenvalue weighted by Crippen LogP contribution is 2.35. The highest BCUT2D eigenvalue weighted by atomic mass is 35.5. The molecular weight excluding hydrogens is 298 g/mol. The van der Waals surface area contributed by atoms with E-state index in [-0.39, 0.29) is 0 Å². The van der Waals surface area contributed by atoms with Gasteiger partial charge in [0.05, 0.1) is 11.2 Å². The van der Waals surface area contributed by atoms with Crippen LogP contribution in [-0.2, 0) is 5.60 Å². The number of anilines is 1. The zero-order valence-corrected chi connectivity index (χ0v) is 12.8. The zero-order chi connectivity index (χ0) is 15.6. The minimum atomic E-state index is -0.845. The van der Waals surface area contributed by atoms with Crippen molar-refractivity contribution < 1.29 is 5.11 Å². The first-order valence-corrected chi connectivity index (χ1v) is 7.59. The van der Waals surface area contributed by atoms with Crippen LogP contribution >= 0.6 is 11.6 Å². The number of nitriles is 1. The van der Waals surface area contributed by atoms with E-state index in [4.69, 9.17) is 11.6 Å². The lowest BCUT2D eigenvalue weighted by molar-refractivity contribution is 0.0116. The standard InChI is InChI=1S/C17H16ClN3O/c18-15-5-3-14(4-6-15)17(22)7-10-21(11-8-17)16-13(12-19)2-1-9-20-16/h1-6,9,22H,7-8,10-11H2. The fraction of sp³-hybridized carbons (Fsp3) is 0.294. The lowest BCUT2D eigenvalue weighted by atomic mass is 9.84. The molecule has 1 aliphatic rings. The SMILES string of the molecule is N#Cc1cccnc1N1CCC(O)(c2ccc(Cl)cc2)CC1. The Bertz CT molecular complexity index is 701. The number of aliphatic hydroxyl groups is 1. The van der Waals surface area contributed by atoms with E-state index in [1.165, 1.54) is 0 Å². The second-order valence-electron chi connectivity index (χ2n) is 5.51. The molecule has 1 N–H and O–H groups in total. The molecule has 2 heterocycles. The molecule has 0 saturated carbocycles. The van der Waals surface area contributed by atoms with Crippen LogP contribution in [0.5, 0.6) is 0 Å². The highest BCUT2D eigenvalue weighted by molar-refractivity contribution is 6.30. The van der Waals surface area contributed by atoms with Crippen LogP contribution in [0.15, 0.2) is 42.6 Å². The summed E-state index contributed by atoms with van der Waals surface area (Å²) in [5.41, 5.74) is 0.611. The van der Waals surface area contributed by atoms with Crippen molar-refractivity contribution in [1.82, 2.24) is 4.98 Å². The molecule has 3 rings (SSSR count). The summed E-state index contributed by atoms with van der Waals surface area (Å²) in [6.07, 6.45) is 2.88. The summed E-state index contributed by atoms with van der Waals surface area (Å²) >= 11 is 5.90. The Balaban J connectivity index is 1.77. The van der Waals surface area contributed by atoms with Crippen LogP contribution < -0.4 is 4.90 Å². The molecule has 0 bridgehead atoms. The number of halogens is 1. The Kier molecular flexibility index (Phi) is 4.02. The summed E-state index contributed by atoms with van der Waals surface area (Å²) in [5, 5.41) is 20.7. The minimum absolute atomic E-state index is 0.569. The Morgan fingerprint density at radius 1 is 1.18 bits per heavy atom. The van der Waals surface area contributed by atoms with Crippen LogP contribution in [0.3, 0.4) is 0 Å². The zero-order valence-electron chi connectivity index (χ0n) is 12.0. The number of hydrogen-bond donors (Lipinski definition) is 1. The molecule has 0 aliphatic carbocycles. The topological polar surface area (TPSA) is 60.2 Å². The fourth-order valence-electron chi connectivity index (χ4n) is 2.87. The Hall–Kier alpha value is -2.09. The summed E-state index contributed by atoms with van der Waals surface area (Å²) in [5.74, 6) is 0.697. The number of benzene rings is 1. The molecule has 0 spiro atoms. The molecular formula is C17H16ClN3O. The summed E-state index contributed by atoms with van der Waals surface area (Å²) in [6.45, 7) is 1.32. The van der Waals surface area contributed by atoms with E-state index in [1.807, 2.05) is 12.1 Å². The molecule has 1 aromatic carbocycles. The van der Waals surface area contributed by atoms with Crippen molar-refractivity contribution in [2.75, 3.05) is 18.0 Å². The van der Waals surface area contributed by atoms with Gasteiger partial charge in [-0.2, -0.15) is 5.26 Å². The maximum Gasteiger partial charge on any atom is 0.146 e. The van der Waals surface area contributed by atoms with Gasteiger partial charge >= 0.3 is 0 Å². The Morgan fingerprint density at radius 2 is 1.86 bits per heavy atom. The molecule has 22 heavy (non-hydrogen) atoms. The predicted octanol–water partition coefficient (Wildman–Crippen LogP) is 3.09. The highest BCUT2D eigenvalue weighted by Gasteiger charge is 2.34. The normalized spacial score (nSPS) is 17.0. The van der Waals surface area contributed by atoms with Gasteiger partial charge in [-0.15, -0.1) is 0 Å². The smallest absolute Gasteiger partial charge is 0.146 e. The van der Waals surface area contributed by atoms with Gasteiger partial charge in [0.15, 0.2) is 0 Å². The Morgan fingerprint density at radius 3 is 2.50 bits per heavy atom. The second kappa shape index (κ2) is 5.96. The molecule has 112 valence electrons. The summed E-state index contributed by atoms with van der Waals surface area (Å²) in [6, 6.07) is 13.0. The van der Waals surface area contributed by atoms with Gasteiger partial charge in [0, 0.05) is 24.3 Å². The fourth-order valence-corrected chi connectivity index (χ4v) is 3.00. The van der Waals surface area contributed by atoms with Gasteiger partial charge in [0.25, 0.3) is 0 Å². The molecule has 1 aliphatic heterocycles. The maximum absolute atomic E-state index is 10.9. The van der Waals surface area contributed by atoms with Crippen LogP contribution in [0.25, 0.3) is 0 Å². The number of pyridine rings is 1.